The number of hydrogen-bond acceptors (Lipinski definition) is 1. The molecule has 1 nitrogen and oxygen atoms in total. The molecule has 0 fully saturated rings. The van der Waals surface area contributed by atoms with Crippen molar-refractivity contribution in [3.05, 3.63) is 25.6 Å². The van der Waals surface area contributed by atoms with E-state index in [0.29, 0.717) is 5.75 Å². The second-order valence-corrected chi connectivity index (χ2v) is 7.95. The molecular weight excluding hydrogens is 430 g/mol. The lowest BCUT2D eigenvalue weighted by molar-refractivity contribution is 0.628. The van der Waals surface area contributed by atoms with E-state index in [9.17, 15) is 0 Å². The number of rotatable bonds is 2. The van der Waals surface area contributed by atoms with Crippen LogP contribution in [0, 0.1) is 0 Å². The minimum Gasteiger partial charge on any atom is -0.314 e. The Hall–Kier alpha value is 1.47. The average molecular weight is 433 g/mol. The molecule has 0 aliphatic heterocycles. The zero-order chi connectivity index (χ0) is 10.0. The van der Waals surface area contributed by atoms with Crippen LogP contribution in [0.2, 0.25) is 0 Å². The van der Waals surface area contributed by atoms with Crippen molar-refractivity contribution in [2.75, 3.05) is 0 Å². The van der Waals surface area contributed by atoms with Crippen molar-refractivity contribution >= 4 is 77.1 Å². The van der Waals surface area contributed by atoms with E-state index in [0.717, 1.165) is 13.4 Å². The minimum atomic E-state index is -1.77. The molecule has 0 aliphatic carbocycles. The highest BCUT2D eigenvalue weighted by Crippen LogP contribution is 2.51. The van der Waals surface area contributed by atoms with Crippen LogP contribution in [0.3, 0.4) is 0 Å². The smallest absolute Gasteiger partial charge is 0.314 e. The first-order valence-electron chi connectivity index (χ1n) is 3.01. The maximum Gasteiger partial charge on any atom is 0.371 e. The van der Waals surface area contributed by atoms with Crippen LogP contribution < -0.4 is 4.52 Å². The second-order valence-electron chi connectivity index (χ2n) is 2.03. The van der Waals surface area contributed by atoms with Crippen molar-refractivity contribution in [3.8, 4) is 5.75 Å². The van der Waals surface area contributed by atoms with Gasteiger partial charge in [-0.25, -0.2) is 0 Å². The Labute approximate surface area is 112 Å². The molecule has 1 aromatic rings. The lowest BCUT2D eigenvalue weighted by Crippen LogP contribution is -1.82. The molecule has 0 saturated heterocycles. The highest BCUT2D eigenvalue weighted by molar-refractivity contribution is 9.11. The standard InChI is InChI=1S/C6H2Br3Cl2OP/c7-3-1-4(8)6(5(9)2-3)12-13(10)11/h1-2H/p+1. The monoisotopic (exact) mass is 429 g/mol. The molecule has 0 aliphatic rings. The average Bonchev–Trinajstić information content (AvgIpc) is 1.96. The summed E-state index contributed by atoms with van der Waals surface area (Å²) in [6.45, 7) is -1.77. The molecule has 0 unspecified atom stereocenters. The molecule has 7 heteroatoms. The molecule has 72 valence electrons. The Balaban J connectivity index is 3.06. The molecule has 1 rings (SSSR count). The Morgan fingerprint density at radius 1 is 1.08 bits per heavy atom. The Morgan fingerprint density at radius 2 is 1.54 bits per heavy atom. The molecule has 0 atom stereocenters. The highest BCUT2D eigenvalue weighted by Gasteiger charge is 2.17. The Kier molecular flexibility index (Phi) is 5.33. The van der Waals surface area contributed by atoms with Crippen LogP contribution in [0.5, 0.6) is 5.75 Å². The first-order chi connectivity index (χ1) is 6.00. The van der Waals surface area contributed by atoms with Gasteiger partial charge in [0.1, 0.15) is 0 Å². The van der Waals surface area contributed by atoms with Gasteiger partial charge in [0.15, 0.2) is 22.5 Å². The molecule has 1 aromatic carbocycles. The van der Waals surface area contributed by atoms with Gasteiger partial charge in [0.25, 0.3) is 0 Å². The summed E-state index contributed by atoms with van der Waals surface area (Å²) >= 11 is 21.2. The van der Waals surface area contributed by atoms with Crippen molar-refractivity contribution in [2.45, 2.75) is 0 Å². The number of hydrogen-bond donors (Lipinski definition) is 0. The molecular formula is C6H3Br3Cl2OP+. The lowest BCUT2D eigenvalue weighted by atomic mass is 10.3. The van der Waals surface area contributed by atoms with Crippen LogP contribution >= 0.6 is 77.1 Å². The summed E-state index contributed by atoms with van der Waals surface area (Å²) in [6.07, 6.45) is 0. The highest BCUT2D eigenvalue weighted by atomic mass is 79.9. The van der Waals surface area contributed by atoms with Gasteiger partial charge in [-0.3, -0.25) is 0 Å². The largest absolute Gasteiger partial charge is 0.371 e. The summed E-state index contributed by atoms with van der Waals surface area (Å²) < 4.78 is 7.80. The summed E-state index contributed by atoms with van der Waals surface area (Å²) in [7, 11) is 0. The van der Waals surface area contributed by atoms with E-state index < -0.39 is 6.85 Å². The maximum atomic E-state index is 5.59. The van der Waals surface area contributed by atoms with Crippen molar-refractivity contribution in [3.63, 3.8) is 0 Å². The first kappa shape index (κ1) is 12.5. The summed E-state index contributed by atoms with van der Waals surface area (Å²) in [5, 5.41) is 0. The van der Waals surface area contributed by atoms with Crippen LogP contribution in [0.1, 0.15) is 0 Å². The van der Waals surface area contributed by atoms with Crippen molar-refractivity contribution in [2.24, 2.45) is 0 Å². The third kappa shape index (κ3) is 3.84. The van der Waals surface area contributed by atoms with E-state index in [2.05, 4.69) is 47.8 Å². The summed E-state index contributed by atoms with van der Waals surface area (Å²) in [5.74, 6) is 0.627. The van der Waals surface area contributed by atoms with Crippen LogP contribution in [0.4, 0.5) is 0 Å². The van der Waals surface area contributed by atoms with E-state index in [1.165, 1.54) is 0 Å². The van der Waals surface area contributed by atoms with Crippen LogP contribution in [-0.4, -0.2) is 0 Å². The van der Waals surface area contributed by atoms with Crippen molar-refractivity contribution in [1.82, 2.24) is 0 Å². The van der Waals surface area contributed by atoms with Gasteiger partial charge in [-0.2, -0.15) is 0 Å². The molecule has 0 radical (unpaired) electrons. The maximum absolute atomic E-state index is 5.59. The van der Waals surface area contributed by atoms with Gasteiger partial charge in [-0.15, -0.1) is 0 Å². The van der Waals surface area contributed by atoms with Crippen LogP contribution in [-0.2, 0) is 0 Å². The van der Waals surface area contributed by atoms with Crippen LogP contribution in [0.25, 0.3) is 0 Å². The molecule has 0 amide bonds. The predicted molar refractivity (Wildman–Crippen MR) is 70.2 cm³/mol. The number of halogens is 5. The zero-order valence-electron chi connectivity index (χ0n) is 5.95. The summed E-state index contributed by atoms with van der Waals surface area (Å²) in [5.41, 5.74) is 0. The van der Waals surface area contributed by atoms with Gasteiger partial charge in [0.2, 0.25) is 5.75 Å². The third-order valence-electron chi connectivity index (χ3n) is 1.14. The summed E-state index contributed by atoms with van der Waals surface area (Å²) in [6, 6.07) is 3.72. The quantitative estimate of drug-likeness (QED) is 0.538. The molecule has 0 bridgehead atoms. The minimum absolute atomic E-state index is 0.627. The second kappa shape index (κ2) is 5.53. The van der Waals surface area contributed by atoms with E-state index in [-0.39, 0.29) is 0 Å². The van der Waals surface area contributed by atoms with Gasteiger partial charge in [-0.05, 0) is 44.0 Å². The van der Waals surface area contributed by atoms with E-state index in [4.69, 9.17) is 27.0 Å². The van der Waals surface area contributed by atoms with E-state index in [1.807, 2.05) is 12.1 Å². The van der Waals surface area contributed by atoms with Gasteiger partial charge >= 0.3 is 6.85 Å². The van der Waals surface area contributed by atoms with Crippen molar-refractivity contribution in [1.29, 1.82) is 0 Å². The topological polar surface area (TPSA) is 9.23 Å². The SMILES string of the molecule is Cl[PH+](Cl)Oc1c(Br)cc(Br)cc1Br. The van der Waals surface area contributed by atoms with Crippen molar-refractivity contribution < 1.29 is 4.52 Å². The van der Waals surface area contributed by atoms with Gasteiger partial charge in [-0.1, -0.05) is 15.9 Å². The van der Waals surface area contributed by atoms with E-state index >= 15 is 0 Å². The fraction of sp³-hybridized carbons (Fsp3) is 0. The molecule has 0 aromatic heterocycles. The molecule has 0 saturated carbocycles. The fourth-order valence-electron chi connectivity index (χ4n) is 0.704. The molecule has 0 heterocycles. The van der Waals surface area contributed by atoms with Gasteiger partial charge < -0.3 is 4.52 Å². The predicted octanol–water partition coefficient (Wildman–Crippen LogP) is 5.79. The molecule has 13 heavy (non-hydrogen) atoms. The number of benzene rings is 1. The van der Waals surface area contributed by atoms with Crippen LogP contribution in [0.15, 0.2) is 25.6 Å². The molecule has 0 spiro atoms. The fourth-order valence-corrected chi connectivity index (χ4v) is 4.26. The Morgan fingerprint density at radius 3 is 1.92 bits per heavy atom. The Bertz CT molecular complexity index is 298. The third-order valence-corrected chi connectivity index (χ3v) is 3.60. The molecule has 0 N–H and O–H groups in total. The first-order valence-corrected chi connectivity index (χ1v) is 8.82. The summed E-state index contributed by atoms with van der Waals surface area (Å²) in [4.78, 5) is 0. The van der Waals surface area contributed by atoms with Gasteiger partial charge in [0, 0.05) is 4.47 Å². The lowest BCUT2D eigenvalue weighted by Gasteiger charge is -2.04. The normalized spacial score (nSPS) is 10.6. The zero-order valence-corrected chi connectivity index (χ0v) is 13.2. The van der Waals surface area contributed by atoms with E-state index in [1.54, 1.807) is 0 Å². The van der Waals surface area contributed by atoms with Gasteiger partial charge in [0.05, 0.1) is 8.95 Å².